The number of carbonyl (C=O) groups excluding carboxylic acids is 1. The van der Waals surface area contributed by atoms with Gasteiger partial charge < -0.3 is 23.7 Å². The summed E-state index contributed by atoms with van der Waals surface area (Å²) in [5.41, 5.74) is 3.13. The third-order valence-corrected chi connectivity index (χ3v) is 8.19. The van der Waals surface area contributed by atoms with E-state index in [2.05, 4.69) is 4.99 Å². The fourth-order valence-electron chi connectivity index (χ4n) is 5.07. The largest absolute Gasteiger partial charge is 0.497 e. The molecule has 0 aliphatic carbocycles. The summed E-state index contributed by atoms with van der Waals surface area (Å²) in [6.07, 6.45) is 1.80. The Balaban J connectivity index is 1.46. The lowest BCUT2D eigenvalue weighted by molar-refractivity contribution is -0.139. The first-order valence-corrected chi connectivity index (χ1v) is 15.6. The molecule has 0 saturated carbocycles. The quantitative estimate of drug-likeness (QED) is 0.161. The van der Waals surface area contributed by atoms with Crippen molar-refractivity contribution in [3.63, 3.8) is 0 Å². The number of methoxy groups -OCH3 is 1. The van der Waals surface area contributed by atoms with Crippen LogP contribution in [0, 0.1) is 6.92 Å². The van der Waals surface area contributed by atoms with Gasteiger partial charge in [0.25, 0.3) is 5.56 Å². The standard InChI is InChI=1S/C35H36N2O7S/c1-6-41-29-20-24(12-17-28(29)44-19-18-43-27-11-9-8-10-22(27)3)21-30-33(38)37-32(25-13-15-26(40-5)16-14-25)31(34(39)42-7-2)23(4)36-35(37)45-30/h8-17,20-21,32H,6-7,18-19H2,1-5H3/b30-21+/t32-/m0/s1. The van der Waals surface area contributed by atoms with E-state index in [1.54, 1.807) is 43.7 Å². The summed E-state index contributed by atoms with van der Waals surface area (Å²) in [5.74, 6) is 2.13. The van der Waals surface area contributed by atoms with Crippen LogP contribution in [0.2, 0.25) is 0 Å². The van der Waals surface area contributed by atoms with E-state index in [-0.39, 0.29) is 12.2 Å². The van der Waals surface area contributed by atoms with Crippen molar-refractivity contribution in [2.24, 2.45) is 4.99 Å². The normalized spacial score (nSPS) is 14.4. The smallest absolute Gasteiger partial charge is 0.338 e. The van der Waals surface area contributed by atoms with Gasteiger partial charge in [-0.3, -0.25) is 9.36 Å². The number of allylic oxidation sites excluding steroid dienone is 1. The van der Waals surface area contributed by atoms with Gasteiger partial charge in [0.2, 0.25) is 0 Å². The summed E-state index contributed by atoms with van der Waals surface area (Å²) in [7, 11) is 1.59. The molecule has 0 bridgehead atoms. The molecule has 1 aliphatic heterocycles. The Kier molecular flexibility index (Phi) is 10.0. The fraction of sp³-hybridized carbons (Fsp3) is 0.286. The summed E-state index contributed by atoms with van der Waals surface area (Å²) in [4.78, 5) is 32.2. The lowest BCUT2D eigenvalue weighted by Gasteiger charge is -2.24. The second-order valence-electron chi connectivity index (χ2n) is 10.2. The highest BCUT2D eigenvalue weighted by molar-refractivity contribution is 7.07. The molecule has 3 aromatic carbocycles. The van der Waals surface area contributed by atoms with Crippen LogP contribution < -0.4 is 33.8 Å². The van der Waals surface area contributed by atoms with Crippen LogP contribution >= 0.6 is 11.3 Å². The molecule has 45 heavy (non-hydrogen) atoms. The van der Waals surface area contributed by atoms with Crippen molar-refractivity contribution in [3.8, 4) is 23.0 Å². The Hall–Kier alpha value is -4.83. The average Bonchev–Trinajstić information content (AvgIpc) is 3.34. The van der Waals surface area contributed by atoms with Crippen molar-refractivity contribution < 1.29 is 28.5 Å². The van der Waals surface area contributed by atoms with E-state index in [1.807, 2.05) is 68.4 Å². The van der Waals surface area contributed by atoms with Crippen LogP contribution in [-0.4, -0.2) is 44.1 Å². The van der Waals surface area contributed by atoms with Gasteiger partial charge in [0, 0.05) is 0 Å². The number of ether oxygens (including phenoxy) is 5. The van der Waals surface area contributed by atoms with E-state index < -0.39 is 12.0 Å². The lowest BCUT2D eigenvalue weighted by atomic mass is 9.96. The van der Waals surface area contributed by atoms with E-state index >= 15 is 0 Å². The number of benzene rings is 3. The van der Waals surface area contributed by atoms with Crippen molar-refractivity contribution in [2.75, 3.05) is 33.5 Å². The zero-order valence-corrected chi connectivity index (χ0v) is 26.8. The highest BCUT2D eigenvalue weighted by Crippen LogP contribution is 2.32. The number of hydrogen-bond acceptors (Lipinski definition) is 9. The minimum Gasteiger partial charge on any atom is -0.497 e. The summed E-state index contributed by atoms with van der Waals surface area (Å²) < 4.78 is 30.5. The molecule has 10 heteroatoms. The van der Waals surface area contributed by atoms with E-state index in [4.69, 9.17) is 23.7 Å². The second kappa shape index (κ2) is 14.3. The van der Waals surface area contributed by atoms with Gasteiger partial charge in [-0.1, -0.05) is 47.7 Å². The molecule has 234 valence electrons. The Bertz CT molecular complexity index is 1890. The first-order valence-electron chi connectivity index (χ1n) is 14.8. The number of rotatable bonds is 12. The molecular weight excluding hydrogens is 592 g/mol. The molecule has 1 atom stereocenters. The first-order chi connectivity index (χ1) is 21.8. The Morgan fingerprint density at radius 3 is 2.33 bits per heavy atom. The molecule has 0 N–H and O–H groups in total. The molecule has 2 heterocycles. The van der Waals surface area contributed by atoms with Crippen LogP contribution in [0.15, 0.2) is 87.8 Å². The Morgan fingerprint density at radius 2 is 1.64 bits per heavy atom. The molecule has 0 unspecified atom stereocenters. The van der Waals surface area contributed by atoms with Gasteiger partial charge in [0.15, 0.2) is 16.3 Å². The van der Waals surface area contributed by atoms with Gasteiger partial charge in [-0.2, -0.15) is 0 Å². The van der Waals surface area contributed by atoms with Crippen LogP contribution in [0.3, 0.4) is 0 Å². The van der Waals surface area contributed by atoms with Gasteiger partial charge in [-0.05, 0) is 80.8 Å². The van der Waals surface area contributed by atoms with Crippen molar-refractivity contribution in [2.45, 2.75) is 33.7 Å². The molecule has 5 rings (SSSR count). The summed E-state index contributed by atoms with van der Waals surface area (Å²) in [6, 6.07) is 20.0. The predicted molar refractivity (Wildman–Crippen MR) is 173 cm³/mol. The van der Waals surface area contributed by atoms with Crippen molar-refractivity contribution in [1.29, 1.82) is 0 Å². The average molecular weight is 629 g/mol. The number of esters is 1. The fourth-order valence-corrected chi connectivity index (χ4v) is 6.11. The molecule has 4 aromatic rings. The van der Waals surface area contributed by atoms with E-state index in [0.29, 0.717) is 57.7 Å². The lowest BCUT2D eigenvalue weighted by Crippen LogP contribution is -2.39. The van der Waals surface area contributed by atoms with Crippen molar-refractivity contribution in [3.05, 3.63) is 114 Å². The first kappa shape index (κ1) is 31.6. The molecule has 0 spiro atoms. The van der Waals surface area contributed by atoms with Gasteiger partial charge in [-0.15, -0.1) is 0 Å². The van der Waals surface area contributed by atoms with E-state index in [0.717, 1.165) is 22.4 Å². The highest BCUT2D eigenvalue weighted by atomic mass is 32.1. The molecule has 0 saturated heterocycles. The number of thiazole rings is 1. The van der Waals surface area contributed by atoms with E-state index in [9.17, 15) is 9.59 Å². The summed E-state index contributed by atoms with van der Waals surface area (Å²) >= 11 is 1.26. The zero-order valence-electron chi connectivity index (χ0n) is 26.0. The number of carbonyl (C=O) groups is 1. The van der Waals surface area contributed by atoms with Crippen LogP contribution in [0.5, 0.6) is 23.0 Å². The minimum absolute atomic E-state index is 0.205. The predicted octanol–water partition coefficient (Wildman–Crippen LogP) is 4.97. The maximum atomic E-state index is 14.0. The third-order valence-electron chi connectivity index (χ3n) is 7.21. The number of nitrogens with zero attached hydrogens (tertiary/aromatic N) is 2. The van der Waals surface area contributed by atoms with Crippen LogP contribution in [-0.2, 0) is 9.53 Å². The Labute approximate surface area is 265 Å². The SMILES string of the molecule is CCOC(=O)C1=C(C)N=c2s/c(=C/c3ccc(OCCOc4ccccc4C)c(OCC)c3)c(=O)n2[C@H]1c1ccc(OC)cc1. The summed E-state index contributed by atoms with van der Waals surface area (Å²) in [6.45, 7) is 8.77. The number of aromatic nitrogens is 1. The Morgan fingerprint density at radius 1 is 0.911 bits per heavy atom. The van der Waals surface area contributed by atoms with E-state index in [1.165, 1.54) is 11.3 Å². The second-order valence-corrected chi connectivity index (χ2v) is 11.2. The van der Waals surface area contributed by atoms with Crippen LogP contribution in [0.1, 0.15) is 43.5 Å². The molecular formula is C35H36N2O7S. The van der Waals surface area contributed by atoms with Crippen molar-refractivity contribution in [1.82, 2.24) is 4.57 Å². The highest BCUT2D eigenvalue weighted by Gasteiger charge is 2.33. The zero-order chi connectivity index (χ0) is 31.9. The molecule has 9 nitrogen and oxygen atoms in total. The topological polar surface area (TPSA) is 97.6 Å². The monoisotopic (exact) mass is 628 g/mol. The number of fused-ring (bicyclic) bond motifs is 1. The molecule has 1 aromatic heterocycles. The number of aryl methyl sites for hydroxylation is 1. The summed E-state index contributed by atoms with van der Waals surface area (Å²) in [5, 5.41) is 0. The van der Waals surface area contributed by atoms with Crippen molar-refractivity contribution >= 4 is 23.4 Å². The van der Waals surface area contributed by atoms with Gasteiger partial charge >= 0.3 is 5.97 Å². The maximum absolute atomic E-state index is 14.0. The number of para-hydroxylation sites is 1. The van der Waals surface area contributed by atoms with Gasteiger partial charge in [-0.25, -0.2) is 9.79 Å². The molecule has 1 aliphatic rings. The van der Waals surface area contributed by atoms with Gasteiger partial charge in [0.1, 0.15) is 24.7 Å². The molecule has 0 amide bonds. The van der Waals surface area contributed by atoms with Crippen LogP contribution in [0.4, 0.5) is 0 Å². The number of hydrogen-bond donors (Lipinski definition) is 0. The molecule has 0 fully saturated rings. The van der Waals surface area contributed by atoms with Crippen LogP contribution in [0.25, 0.3) is 6.08 Å². The minimum atomic E-state index is -0.704. The maximum Gasteiger partial charge on any atom is 0.338 e. The van der Waals surface area contributed by atoms with Gasteiger partial charge in [0.05, 0.1) is 42.2 Å². The molecule has 0 radical (unpaired) electrons. The third kappa shape index (κ3) is 6.96.